The normalized spacial score (nSPS) is 15.6. The summed E-state index contributed by atoms with van der Waals surface area (Å²) in [5, 5.41) is 0.907. The van der Waals surface area contributed by atoms with Crippen LogP contribution in [0.5, 0.6) is 0 Å². The SMILES string of the molecule is CCS(=O)(=O)N1CCN(C(=O)c2cc3ccccc3n2Cc2ccccc2F)CC1. The fourth-order valence-corrected chi connectivity index (χ4v) is 4.95. The molecular weight excluding hydrogens is 405 g/mol. The number of hydrogen-bond acceptors (Lipinski definition) is 3. The second-order valence-electron chi connectivity index (χ2n) is 7.36. The van der Waals surface area contributed by atoms with Gasteiger partial charge in [-0.1, -0.05) is 36.4 Å². The van der Waals surface area contributed by atoms with Crippen molar-refractivity contribution in [2.75, 3.05) is 31.9 Å². The number of carbonyl (C=O) groups excluding carboxylic acids is 1. The van der Waals surface area contributed by atoms with Crippen LogP contribution in [0, 0.1) is 5.82 Å². The number of fused-ring (bicyclic) bond motifs is 1. The van der Waals surface area contributed by atoms with Crippen molar-refractivity contribution in [2.45, 2.75) is 13.5 Å². The van der Waals surface area contributed by atoms with E-state index in [2.05, 4.69) is 0 Å². The minimum absolute atomic E-state index is 0.0534. The molecule has 8 heteroatoms. The number of sulfonamides is 1. The minimum Gasteiger partial charge on any atom is -0.335 e. The lowest BCUT2D eigenvalue weighted by molar-refractivity contribution is 0.0688. The molecule has 1 amide bonds. The molecule has 0 aliphatic carbocycles. The Hall–Kier alpha value is -2.71. The third kappa shape index (κ3) is 3.85. The Morgan fingerprint density at radius 3 is 2.37 bits per heavy atom. The van der Waals surface area contributed by atoms with Gasteiger partial charge >= 0.3 is 0 Å². The van der Waals surface area contributed by atoms with Crippen molar-refractivity contribution in [2.24, 2.45) is 0 Å². The van der Waals surface area contributed by atoms with Gasteiger partial charge in [-0.2, -0.15) is 4.31 Å². The van der Waals surface area contributed by atoms with Crippen LogP contribution in [-0.4, -0.2) is 60.0 Å². The number of rotatable bonds is 5. The molecule has 0 atom stereocenters. The second kappa shape index (κ2) is 8.20. The van der Waals surface area contributed by atoms with E-state index in [1.54, 1.807) is 30.0 Å². The Kier molecular flexibility index (Phi) is 5.62. The lowest BCUT2D eigenvalue weighted by atomic mass is 10.2. The van der Waals surface area contributed by atoms with Crippen molar-refractivity contribution < 1.29 is 17.6 Å². The molecule has 0 N–H and O–H groups in total. The molecule has 1 aliphatic rings. The first kappa shape index (κ1) is 20.6. The Bertz CT molecular complexity index is 1180. The first-order chi connectivity index (χ1) is 14.4. The first-order valence-corrected chi connectivity index (χ1v) is 11.6. The van der Waals surface area contributed by atoms with Crippen LogP contribution in [0.2, 0.25) is 0 Å². The van der Waals surface area contributed by atoms with Crippen molar-refractivity contribution in [3.05, 3.63) is 71.7 Å². The highest BCUT2D eigenvalue weighted by atomic mass is 32.2. The van der Waals surface area contributed by atoms with E-state index in [4.69, 9.17) is 0 Å². The minimum atomic E-state index is -3.26. The molecule has 0 radical (unpaired) electrons. The molecule has 0 unspecified atom stereocenters. The maximum Gasteiger partial charge on any atom is 0.270 e. The average Bonchev–Trinajstić information content (AvgIpc) is 3.13. The number of carbonyl (C=O) groups is 1. The standard InChI is InChI=1S/C22H24FN3O3S/c1-2-30(28,29)25-13-11-24(12-14-25)22(27)21-15-17-7-4-6-10-20(17)26(21)16-18-8-3-5-9-19(18)23/h3-10,15H,2,11-14,16H2,1H3. The Morgan fingerprint density at radius 1 is 1.00 bits per heavy atom. The van der Waals surface area contributed by atoms with Crippen molar-refractivity contribution >= 4 is 26.8 Å². The molecule has 6 nitrogen and oxygen atoms in total. The van der Waals surface area contributed by atoms with Crippen LogP contribution in [0.3, 0.4) is 0 Å². The molecule has 158 valence electrons. The number of piperazine rings is 1. The number of nitrogens with zero attached hydrogens (tertiary/aromatic N) is 3. The highest BCUT2D eigenvalue weighted by Gasteiger charge is 2.29. The van der Waals surface area contributed by atoms with E-state index in [0.717, 1.165) is 10.9 Å². The third-order valence-corrected chi connectivity index (χ3v) is 7.48. The number of hydrogen-bond donors (Lipinski definition) is 0. The van der Waals surface area contributed by atoms with Crippen LogP contribution in [0.1, 0.15) is 23.0 Å². The molecule has 4 rings (SSSR count). The van der Waals surface area contributed by atoms with Crippen LogP contribution in [0.15, 0.2) is 54.6 Å². The lowest BCUT2D eigenvalue weighted by Crippen LogP contribution is -2.51. The van der Waals surface area contributed by atoms with Crippen LogP contribution >= 0.6 is 0 Å². The summed E-state index contributed by atoms with van der Waals surface area (Å²) in [6, 6.07) is 16.0. The van der Waals surface area contributed by atoms with Crippen molar-refractivity contribution in [1.82, 2.24) is 13.8 Å². The van der Waals surface area contributed by atoms with E-state index in [1.165, 1.54) is 10.4 Å². The molecule has 2 heterocycles. The van der Waals surface area contributed by atoms with Gasteiger partial charge in [0.25, 0.3) is 5.91 Å². The molecule has 1 saturated heterocycles. The summed E-state index contributed by atoms with van der Waals surface area (Å²) < 4.78 is 41.7. The van der Waals surface area contributed by atoms with Gasteiger partial charge in [0.1, 0.15) is 11.5 Å². The molecule has 0 bridgehead atoms. The largest absolute Gasteiger partial charge is 0.335 e. The molecular formula is C22H24FN3O3S. The van der Waals surface area contributed by atoms with Gasteiger partial charge in [0.2, 0.25) is 10.0 Å². The molecule has 0 spiro atoms. The number of halogens is 1. The van der Waals surface area contributed by atoms with E-state index in [1.807, 2.05) is 34.9 Å². The summed E-state index contributed by atoms with van der Waals surface area (Å²) in [7, 11) is -3.26. The molecule has 30 heavy (non-hydrogen) atoms. The van der Waals surface area contributed by atoms with E-state index in [0.29, 0.717) is 24.3 Å². The summed E-state index contributed by atoms with van der Waals surface area (Å²) in [5.74, 6) is -0.430. The van der Waals surface area contributed by atoms with Crippen molar-refractivity contribution in [3.8, 4) is 0 Å². The first-order valence-electron chi connectivity index (χ1n) is 9.99. The smallest absolute Gasteiger partial charge is 0.270 e. The van der Waals surface area contributed by atoms with Crippen LogP contribution in [0.25, 0.3) is 10.9 Å². The summed E-state index contributed by atoms with van der Waals surface area (Å²) in [5.41, 5.74) is 1.84. The average molecular weight is 430 g/mol. The number of benzene rings is 2. The van der Waals surface area contributed by atoms with Gasteiger partial charge in [0.05, 0.1) is 12.3 Å². The quantitative estimate of drug-likeness (QED) is 0.627. The van der Waals surface area contributed by atoms with E-state index >= 15 is 0 Å². The maximum atomic E-state index is 14.3. The highest BCUT2D eigenvalue weighted by molar-refractivity contribution is 7.89. The Balaban J connectivity index is 1.64. The Labute approximate surface area is 175 Å². The fourth-order valence-electron chi connectivity index (χ4n) is 3.87. The predicted molar refractivity (Wildman–Crippen MR) is 114 cm³/mol. The third-order valence-electron chi connectivity index (χ3n) is 5.60. The van der Waals surface area contributed by atoms with E-state index in [-0.39, 0.29) is 37.1 Å². The summed E-state index contributed by atoms with van der Waals surface area (Å²) in [4.78, 5) is 15.0. The predicted octanol–water partition coefficient (Wildman–Crippen LogP) is 2.94. The number of aromatic nitrogens is 1. The van der Waals surface area contributed by atoms with Gasteiger partial charge in [0.15, 0.2) is 0 Å². The molecule has 2 aromatic carbocycles. The van der Waals surface area contributed by atoms with Gasteiger partial charge in [-0.05, 0) is 25.1 Å². The Morgan fingerprint density at radius 2 is 1.67 bits per heavy atom. The summed E-state index contributed by atoms with van der Waals surface area (Å²) in [6.07, 6.45) is 0. The zero-order valence-corrected chi connectivity index (χ0v) is 17.6. The van der Waals surface area contributed by atoms with Gasteiger partial charge in [-0.25, -0.2) is 12.8 Å². The van der Waals surface area contributed by atoms with Crippen LogP contribution < -0.4 is 0 Å². The molecule has 1 aliphatic heterocycles. The van der Waals surface area contributed by atoms with Crippen molar-refractivity contribution in [1.29, 1.82) is 0 Å². The van der Waals surface area contributed by atoms with Gasteiger partial charge in [-0.3, -0.25) is 4.79 Å². The zero-order chi connectivity index (χ0) is 21.3. The van der Waals surface area contributed by atoms with Gasteiger partial charge < -0.3 is 9.47 Å². The molecule has 1 fully saturated rings. The lowest BCUT2D eigenvalue weighted by Gasteiger charge is -2.34. The monoisotopic (exact) mass is 429 g/mol. The number of para-hydroxylation sites is 1. The van der Waals surface area contributed by atoms with E-state index in [9.17, 15) is 17.6 Å². The van der Waals surface area contributed by atoms with Gasteiger partial charge in [-0.15, -0.1) is 0 Å². The molecule has 0 saturated carbocycles. The molecule has 3 aromatic rings. The van der Waals surface area contributed by atoms with Gasteiger partial charge in [0, 0.05) is 42.6 Å². The molecule has 1 aromatic heterocycles. The second-order valence-corrected chi connectivity index (χ2v) is 9.62. The maximum absolute atomic E-state index is 14.3. The highest BCUT2D eigenvalue weighted by Crippen LogP contribution is 2.24. The topological polar surface area (TPSA) is 62.6 Å². The summed E-state index contributed by atoms with van der Waals surface area (Å²) in [6.45, 7) is 3.10. The van der Waals surface area contributed by atoms with Crippen molar-refractivity contribution in [3.63, 3.8) is 0 Å². The van der Waals surface area contributed by atoms with E-state index < -0.39 is 10.0 Å². The summed E-state index contributed by atoms with van der Waals surface area (Å²) >= 11 is 0. The zero-order valence-electron chi connectivity index (χ0n) is 16.8. The number of amides is 1. The van der Waals surface area contributed by atoms with Crippen LogP contribution in [-0.2, 0) is 16.6 Å². The van der Waals surface area contributed by atoms with Crippen LogP contribution in [0.4, 0.5) is 4.39 Å². The fraction of sp³-hybridized carbons (Fsp3) is 0.318.